The van der Waals surface area contributed by atoms with Crippen molar-refractivity contribution in [3.8, 4) is 0 Å². The van der Waals surface area contributed by atoms with Gasteiger partial charge in [-0.2, -0.15) is 0 Å². The molecule has 0 bridgehead atoms. The van der Waals surface area contributed by atoms with Gasteiger partial charge in [-0.1, -0.05) is 0 Å². The van der Waals surface area contributed by atoms with Crippen molar-refractivity contribution in [3.63, 3.8) is 0 Å². The maximum absolute atomic E-state index is 12.0. The van der Waals surface area contributed by atoms with Gasteiger partial charge in [0.25, 0.3) is 0 Å². The number of esters is 1. The number of carbonyl (C=O) groups is 2. The normalized spacial score (nSPS) is 15.0. The standard InChI is InChI=1S/C16H22N2O3/c1-11(2)17-16(20)18-13-9-7-12(8-10-13)15(19)21-14-5-3-4-6-14/h7-11,14H,3-6H2,1-2H3,(H2,17,18,20). The second-order valence-corrected chi connectivity index (χ2v) is 5.64. The van der Waals surface area contributed by atoms with Crippen LogP contribution in [0.3, 0.4) is 0 Å². The molecular formula is C16H22N2O3. The third kappa shape index (κ3) is 4.77. The Kier molecular flexibility index (Phi) is 5.20. The summed E-state index contributed by atoms with van der Waals surface area (Å²) in [6.45, 7) is 3.78. The van der Waals surface area contributed by atoms with E-state index in [-0.39, 0.29) is 24.1 Å². The van der Waals surface area contributed by atoms with E-state index in [4.69, 9.17) is 4.74 Å². The lowest BCUT2D eigenvalue weighted by Crippen LogP contribution is -2.34. The highest BCUT2D eigenvalue weighted by Crippen LogP contribution is 2.22. The van der Waals surface area contributed by atoms with E-state index in [0.29, 0.717) is 11.3 Å². The summed E-state index contributed by atoms with van der Waals surface area (Å²) in [6.07, 6.45) is 4.24. The van der Waals surface area contributed by atoms with E-state index in [0.717, 1.165) is 25.7 Å². The molecule has 0 aliphatic heterocycles. The van der Waals surface area contributed by atoms with Crippen LogP contribution in [0.4, 0.5) is 10.5 Å². The largest absolute Gasteiger partial charge is 0.459 e. The van der Waals surface area contributed by atoms with Gasteiger partial charge >= 0.3 is 12.0 Å². The van der Waals surface area contributed by atoms with Crippen LogP contribution in [-0.4, -0.2) is 24.1 Å². The molecule has 114 valence electrons. The van der Waals surface area contributed by atoms with E-state index in [2.05, 4.69) is 10.6 Å². The molecule has 2 rings (SSSR count). The summed E-state index contributed by atoms with van der Waals surface area (Å²) in [5, 5.41) is 5.45. The average Bonchev–Trinajstić information content (AvgIpc) is 2.91. The lowest BCUT2D eigenvalue weighted by Gasteiger charge is -2.12. The summed E-state index contributed by atoms with van der Waals surface area (Å²) >= 11 is 0. The van der Waals surface area contributed by atoms with Gasteiger partial charge in [0.2, 0.25) is 0 Å². The number of benzene rings is 1. The topological polar surface area (TPSA) is 67.4 Å². The van der Waals surface area contributed by atoms with E-state index in [9.17, 15) is 9.59 Å². The van der Waals surface area contributed by atoms with Gasteiger partial charge in [0.15, 0.2) is 0 Å². The zero-order valence-electron chi connectivity index (χ0n) is 12.5. The predicted molar refractivity (Wildman–Crippen MR) is 81.4 cm³/mol. The molecule has 5 nitrogen and oxygen atoms in total. The number of nitrogens with one attached hydrogen (secondary N) is 2. The van der Waals surface area contributed by atoms with E-state index in [1.54, 1.807) is 24.3 Å². The van der Waals surface area contributed by atoms with Gasteiger partial charge < -0.3 is 15.4 Å². The second kappa shape index (κ2) is 7.11. The Morgan fingerprint density at radius 2 is 1.76 bits per heavy atom. The van der Waals surface area contributed by atoms with E-state index in [1.807, 2.05) is 13.8 Å². The van der Waals surface area contributed by atoms with Crippen LogP contribution in [0.15, 0.2) is 24.3 Å². The number of urea groups is 1. The molecule has 1 fully saturated rings. The van der Waals surface area contributed by atoms with E-state index >= 15 is 0 Å². The maximum Gasteiger partial charge on any atom is 0.338 e. The Labute approximate surface area is 125 Å². The molecule has 0 atom stereocenters. The molecule has 0 saturated heterocycles. The molecule has 1 aromatic rings. The van der Waals surface area contributed by atoms with Crippen molar-refractivity contribution in [2.45, 2.75) is 51.7 Å². The second-order valence-electron chi connectivity index (χ2n) is 5.64. The number of hydrogen-bond donors (Lipinski definition) is 2. The minimum absolute atomic E-state index is 0.0621. The Bertz CT molecular complexity index is 491. The average molecular weight is 290 g/mol. The number of rotatable bonds is 4. The molecule has 0 spiro atoms. The zero-order valence-corrected chi connectivity index (χ0v) is 12.5. The van der Waals surface area contributed by atoms with Crippen LogP contribution >= 0.6 is 0 Å². The van der Waals surface area contributed by atoms with Gasteiger partial charge in [-0.15, -0.1) is 0 Å². The van der Waals surface area contributed by atoms with Crippen LogP contribution in [0.25, 0.3) is 0 Å². The first-order valence-corrected chi connectivity index (χ1v) is 7.43. The third-order valence-corrected chi connectivity index (χ3v) is 3.37. The SMILES string of the molecule is CC(C)NC(=O)Nc1ccc(C(=O)OC2CCCC2)cc1. The molecule has 5 heteroatoms. The minimum atomic E-state index is -0.292. The summed E-state index contributed by atoms with van der Waals surface area (Å²) in [5.74, 6) is -0.292. The number of carbonyl (C=O) groups excluding carboxylic acids is 2. The molecule has 1 aliphatic rings. The smallest absolute Gasteiger partial charge is 0.338 e. The summed E-state index contributed by atoms with van der Waals surface area (Å²) in [4.78, 5) is 23.5. The van der Waals surface area contributed by atoms with Crippen molar-refractivity contribution in [2.24, 2.45) is 0 Å². The van der Waals surface area contributed by atoms with Crippen LogP contribution in [0, 0.1) is 0 Å². The molecule has 0 heterocycles. The first kappa shape index (κ1) is 15.4. The first-order valence-electron chi connectivity index (χ1n) is 7.43. The molecule has 0 aromatic heterocycles. The molecule has 2 N–H and O–H groups in total. The van der Waals surface area contributed by atoms with Crippen LogP contribution < -0.4 is 10.6 Å². The molecule has 0 unspecified atom stereocenters. The minimum Gasteiger partial charge on any atom is -0.459 e. The van der Waals surface area contributed by atoms with E-state index in [1.165, 1.54) is 0 Å². The summed E-state index contributed by atoms with van der Waals surface area (Å²) in [7, 11) is 0. The number of amides is 2. The lowest BCUT2D eigenvalue weighted by molar-refractivity contribution is 0.0318. The molecule has 1 aromatic carbocycles. The zero-order chi connectivity index (χ0) is 15.2. The Morgan fingerprint density at radius 1 is 1.14 bits per heavy atom. The van der Waals surface area contributed by atoms with Crippen molar-refractivity contribution in [3.05, 3.63) is 29.8 Å². The van der Waals surface area contributed by atoms with Crippen LogP contribution in [0.2, 0.25) is 0 Å². The fraction of sp³-hybridized carbons (Fsp3) is 0.500. The highest BCUT2D eigenvalue weighted by molar-refractivity contribution is 5.92. The third-order valence-electron chi connectivity index (χ3n) is 3.37. The van der Waals surface area contributed by atoms with Gasteiger partial charge in [-0.3, -0.25) is 0 Å². The van der Waals surface area contributed by atoms with Crippen molar-refractivity contribution in [1.82, 2.24) is 5.32 Å². The van der Waals surface area contributed by atoms with Crippen LogP contribution in [-0.2, 0) is 4.74 Å². The lowest BCUT2D eigenvalue weighted by atomic mass is 10.2. The quantitative estimate of drug-likeness (QED) is 0.836. The summed E-state index contributed by atoms with van der Waals surface area (Å²) in [6, 6.07) is 6.55. The Morgan fingerprint density at radius 3 is 2.33 bits per heavy atom. The number of anilines is 1. The predicted octanol–water partition coefficient (Wildman–Crippen LogP) is 3.32. The van der Waals surface area contributed by atoms with Crippen LogP contribution in [0.1, 0.15) is 49.9 Å². The summed E-state index contributed by atoms with van der Waals surface area (Å²) in [5.41, 5.74) is 1.15. The molecule has 21 heavy (non-hydrogen) atoms. The van der Waals surface area contributed by atoms with Gasteiger partial charge in [0.05, 0.1) is 5.56 Å². The molecule has 1 saturated carbocycles. The number of ether oxygens (including phenoxy) is 1. The molecular weight excluding hydrogens is 268 g/mol. The Balaban J connectivity index is 1.88. The van der Waals surface area contributed by atoms with Crippen molar-refractivity contribution < 1.29 is 14.3 Å². The maximum atomic E-state index is 12.0. The fourth-order valence-corrected chi connectivity index (χ4v) is 2.34. The first-order chi connectivity index (χ1) is 10.0. The molecule has 2 amide bonds. The van der Waals surface area contributed by atoms with Crippen molar-refractivity contribution in [1.29, 1.82) is 0 Å². The monoisotopic (exact) mass is 290 g/mol. The van der Waals surface area contributed by atoms with Crippen LogP contribution in [0.5, 0.6) is 0 Å². The molecule has 1 aliphatic carbocycles. The number of hydrogen-bond acceptors (Lipinski definition) is 3. The summed E-state index contributed by atoms with van der Waals surface area (Å²) < 4.78 is 5.43. The van der Waals surface area contributed by atoms with Crippen molar-refractivity contribution in [2.75, 3.05) is 5.32 Å². The van der Waals surface area contributed by atoms with E-state index < -0.39 is 0 Å². The Hall–Kier alpha value is -2.04. The highest BCUT2D eigenvalue weighted by Gasteiger charge is 2.20. The van der Waals surface area contributed by atoms with Gasteiger partial charge in [-0.25, -0.2) is 9.59 Å². The van der Waals surface area contributed by atoms with Gasteiger partial charge in [0, 0.05) is 11.7 Å². The van der Waals surface area contributed by atoms with Gasteiger partial charge in [-0.05, 0) is 63.8 Å². The van der Waals surface area contributed by atoms with Crippen molar-refractivity contribution >= 4 is 17.7 Å². The van der Waals surface area contributed by atoms with Gasteiger partial charge in [0.1, 0.15) is 6.10 Å². The molecule has 0 radical (unpaired) electrons. The highest BCUT2D eigenvalue weighted by atomic mass is 16.5. The fourth-order valence-electron chi connectivity index (χ4n) is 2.34.